The summed E-state index contributed by atoms with van der Waals surface area (Å²) in [6.07, 6.45) is 3.83. The van der Waals surface area contributed by atoms with Gasteiger partial charge in [0.25, 0.3) is 0 Å². The van der Waals surface area contributed by atoms with Crippen molar-refractivity contribution in [2.45, 2.75) is 52.5 Å². The van der Waals surface area contributed by atoms with E-state index in [-0.39, 0.29) is 5.54 Å². The summed E-state index contributed by atoms with van der Waals surface area (Å²) < 4.78 is 0. The topological polar surface area (TPSA) is 24.9 Å². The van der Waals surface area contributed by atoms with E-state index in [1.54, 1.807) is 0 Å². The van der Waals surface area contributed by atoms with Crippen LogP contribution in [0.1, 0.15) is 50.7 Å². The molecular formula is C14H24N2S. The molecule has 0 spiro atoms. The SMILES string of the molecule is CCNC1(c2nc(C)cs2)CC(C)CC(C)C1. The van der Waals surface area contributed by atoms with Gasteiger partial charge in [-0.2, -0.15) is 0 Å². The van der Waals surface area contributed by atoms with Crippen LogP contribution in [0.3, 0.4) is 0 Å². The molecule has 1 aromatic rings. The van der Waals surface area contributed by atoms with Gasteiger partial charge < -0.3 is 5.32 Å². The number of thiazole rings is 1. The van der Waals surface area contributed by atoms with Crippen molar-refractivity contribution < 1.29 is 0 Å². The summed E-state index contributed by atoms with van der Waals surface area (Å²) in [6.45, 7) is 10.1. The van der Waals surface area contributed by atoms with Crippen molar-refractivity contribution in [1.82, 2.24) is 10.3 Å². The highest BCUT2D eigenvalue weighted by atomic mass is 32.1. The summed E-state index contributed by atoms with van der Waals surface area (Å²) in [5, 5.41) is 7.22. The summed E-state index contributed by atoms with van der Waals surface area (Å²) in [5.41, 5.74) is 1.30. The number of nitrogens with zero attached hydrogens (tertiary/aromatic N) is 1. The maximum atomic E-state index is 4.75. The molecule has 17 heavy (non-hydrogen) atoms. The van der Waals surface area contributed by atoms with E-state index in [9.17, 15) is 0 Å². The van der Waals surface area contributed by atoms with Gasteiger partial charge in [0, 0.05) is 11.1 Å². The van der Waals surface area contributed by atoms with Gasteiger partial charge >= 0.3 is 0 Å². The number of hydrogen-bond donors (Lipinski definition) is 1. The lowest BCUT2D eigenvalue weighted by Gasteiger charge is -2.42. The molecule has 0 aromatic carbocycles. The van der Waals surface area contributed by atoms with E-state index in [1.165, 1.54) is 24.3 Å². The fourth-order valence-electron chi connectivity index (χ4n) is 3.43. The molecule has 0 saturated heterocycles. The zero-order valence-electron chi connectivity index (χ0n) is 11.4. The second kappa shape index (κ2) is 5.07. The molecule has 0 amide bonds. The predicted octanol–water partition coefficient (Wildman–Crippen LogP) is 3.71. The molecule has 2 unspecified atom stereocenters. The van der Waals surface area contributed by atoms with Crippen LogP contribution >= 0.6 is 11.3 Å². The van der Waals surface area contributed by atoms with Gasteiger partial charge in [-0.1, -0.05) is 20.8 Å². The van der Waals surface area contributed by atoms with Crippen LogP contribution in [-0.2, 0) is 5.54 Å². The fourth-order valence-corrected chi connectivity index (χ4v) is 4.43. The number of aryl methyl sites for hydroxylation is 1. The maximum absolute atomic E-state index is 4.75. The minimum absolute atomic E-state index is 0.144. The molecule has 1 fully saturated rings. The standard InChI is InChI=1S/C14H24N2S/c1-5-15-14(13-16-12(4)9-17-13)7-10(2)6-11(3)8-14/h9-11,15H,5-8H2,1-4H3. The Morgan fingerprint density at radius 2 is 2.06 bits per heavy atom. The van der Waals surface area contributed by atoms with Gasteiger partial charge in [-0.05, 0) is 44.6 Å². The second-order valence-electron chi connectivity index (χ2n) is 5.76. The van der Waals surface area contributed by atoms with Crippen LogP contribution in [0.15, 0.2) is 5.38 Å². The number of nitrogens with one attached hydrogen (secondary N) is 1. The molecule has 96 valence electrons. The average molecular weight is 252 g/mol. The minimum atomic E-state index is 0.144. The Kier molecular flexibility index (Phi) is 3.88. The molecule has 2 atom stereocenters. The zero-order valence-corrected chi connectivity index (χ0v) is 12.2. The van der Waals surface area contributed by atoms with Crippen molar-refractivity contribution >= 4 is 11.3 Å². The molecule has 1 aromatic heterocycles. The molecule has 2 rings (SSSR count). The van der Waals surface area contributed by atoms with Gasteiger partial charge in [0.05, 0.1) is 5.54 Å². The van der Waals surface area contributed by atoms with E-state index >= 15 is 0 Å². The molecular weight excluding hydrogens is 228 g/mol. The molecule has 0 radical (unpaired) electrons. The lowest BCUT2D eigenvalue weighted by Crippen LogP contribution is -2.47. The lowest BCUT2D eigenvalue weighted by molar-refractivity contribution is 0.145. The Hall–Kier alpha value is -0.410. The van der Waals surface area contributed by atoms with Crippen LogP contribution in [0.4, 0.5) is 0 Å². The first-order chi connectivity index (χ1) is 8.05. The first-order valence-corrected chi connectivity index (χ1v) is 7.61. The van der Waals surface area contributed by atoms with Crippen molar-refractivity contribution in [3.8, 4) is 0 Å². The van der Waals surface area contributed by atoms with Crippen molar-refractivity contribution in [1.29, 1.82) is 0 Å². The molecule has 1 aliphatic rings. The van der Waals surface area contributed by atoms with Crippen molar-refractivity contribution in [3.05, 3.63) is 16.1 Å². The zero-order chi connectivity index (χ0) is 12.5. The van der Waals surface area contributed by atoms with Gasteiger partial charge in [-0.3, -0.25) is 0 Å². The molecule has 2 nitrogen and oxygen atoms in total. The first-order valence-electron chi connectivity index (χ1n) is 6.73. The Bertz CT molecular complexity index is 362. The summed E-state index contributed by atoms with van der Waals surface area (Å²) >= 11 is 1.83. The van der Waals surface area contributed by atoms with Crippen LogP contribution in [0.2, 0.25) is 0 Å². The number of aromatic nitrogens is 1. The second-order valence-corrected chi connectivity index (χ2v) is 6.62. The Morgan fingerprint density at radius 1 is 1.41 bits per heavy atom. The highest BCUT2D eigenvalue weighted by Gasteiger charge is 2.40. The molecule has 1 aliphatic carbocycles. The maximum Gasteiger partial charge on any atom is 0.113 e. The molecule has 1 N–H and O–H groups in total. The normalized spacial score (nSPS) is 33.9. The smallest absolute Gasteiger partial charge is 0.113 e. The van der Waals surface area contributed by atoms with Crippen molar-refractivity contribution in [3.63, 3.8) is 0 Å². The van der Waals surface area contributed by atoms with Crippen molar-refractivity contribution in [2.24, 2.45) is 11.8 Å². The van der Waals surface area contributed by atoms with Crippen LogP contribution < -0.4 is 5.32 Å². The lowest BCUT2D eigenvalue weighted by atomic mass is 9.72. The Balaban J connectivity index is 2.31. The third-order valence-corrected chi connectivity index (χ3v) is 4.91. The quantitative estimate of drug-likeness (QED) is 0.887. The van der Waals surface area contributed by atoms with Gasteiger partial charge in [-0.25, -0.2) is 4.98 Å². The largest absolute Gasteiger partial charge is 0.306 e. The predicted molar refractivity (Wildman–Crippen MR) is 74.4 cm³/mol. The van der Waals surface area contributed by atoms with Gasteiger partial charge in [0.2, 0.25) is 0 Å². The fraction of sp³-hybridized carbons (Fsp3) is 0.786. The first kappa shape index (κ1) is 13.0. The van der Waals surface area contributed by atoms with E-state index in [0.29, 0.717) is 0 Å². The third kappa shape index (κ3) is 2.71. The highest BCUT2D eigenvalue weighted by molar-refractivity contribution is 7.09. The Labute approximate surface area is 109 Å². The van der Waals surface area contributed by atoms with E-state index < -0.39 is 0 Å². The Morgan fingerprint density at radius 3 is 2.53 bits per heavy atom. The summed E-state index contributed by atoms with van der Waals surface area (Å²) in [5.74, 6) is 1.59. The molecule has 3 heteroatoms. The minimum Gasteiger partial charge on any atom is -0.306 e. The summed E-state index contributed by atoms with van der Waals surface area (Å²) in [7, 11) is 0. The van der Waals surface area contributed by atoms with Crippen molar-refractivity contribution in [2.75, 3.05) is 6.54 Å². The van der Waals surface area contributed by atoms with Gasteiger partial charge in [-0.15, -0.1) is 11.3 Å². The van der Waals surface area contributed by atoms with E-state index in [1.807, 2.05) is 11.3 Å². The van der Waals surface area contributed by atoms with E-state index in [4.69, 9.17) is 4.98 Å². The summed E-state index contributed by atoms with van der Waals surface area (Å²) in [6, 6.07) is 0. The number of rotatable bonds is 3. The summed E-state index contributed by atoms with van der Waals surface area (Å²) in [4.78, 5) is 4.75. The molecule has 0 aliphatic heterocycles. The average Bonchev–Trinajstić information content (AvgIpc) is 2.64. The molecule has 0 bridgehead atoms. The van der Waals surface area contributed by atoms with Gasteiger partial charge in [0.15, 0.2) is 0 Å². The third-order valence-electron chi connectivity index (χ3n) is 3.74. The molecule has 1 heterocycles. The number of hydrogen-bond acceptors (Lipinski definition) is 3. The van der Waals surface area contributed by atoms with Crippen LogP contribution in [0.25, 0.3) is 0 Å². The van der Waals surface area contributed by atoms with Crippen LogP contribution in [-0.4, -0.2) is 11.5 Å². The van der Waals surface area contributed by atoms with Crippen LogP contribution in [0.5, 0.6) is 0 Å². The van der Waals surface area contributed by atoms with E-state index in [0.717, 1.165) is 24.1 Å². The van der Waals surface area contributed by atoms with Gasteiger partial charge in [0.1, 0.15) is 5.01 Å². The van der Waals surface area contributed by atoms with E-state index in [2.05, 4.69) is 38.4 Å². The molecule has 1 saturated carbocycles. The monoisotopic (exact) mass is 252 g/mol. The highest BCUT2D eigenvalue weighted by Crippen LogP contribution is 2.43. The van der Waals surface area contributed by atoms with Crippen LogP contribution in [0, 0.1) is 18.8 Å².